The van der Waals surface area contributed by atoms with E-state index < -0.39 is 21.9 Å². The molecule has 4 aromatic rings. The smallest absolute Gasteiger partial charge is 0.247 e. The normalized spacial score (nSPS) is 16.6. The lowest BCUT2D eigenvalue weighted by atomic mass is 10.2. The fourth-order valence-electron chi connectivity index (χ4n) is 4.28. The van der Waals surface area contributed by atoms with Crippen molar-refractivity contribution in [1.29, 1.82) is 0 Å². The molecular formula is C25H23FN4O3S2. The van der Waals surface area contributed by atoms with Crippen LogP contribution in [0.4, 0.5) is 9.52 Å². The Morgan fingerprint density at radius 2 is 1.94 bits per heavy atom. The summed E-state index contributed by atoms with van der Waals surface area (Å²) in [5.41, 5.74) is 2.48. The minimum absolute atomic E-state index is 0.0366. The molecule has 10 heteroatoms. The Hall–Kier alpha value is -3.21. The van der Waals surface area contributed by atoms with Gasteiger partial charge in [-0.25, -0.2) is 17.8 Å². The Balaban J connectivity index is 1.53. The zero-order chi connectivity index (χ0) is 24.6. The van der Waals surface area contributed by atoms with Crippen LogP contribution >= 0.6 is 11.3 Å². The van der Waals surface area contributed by atoms with Gasteiger partial charge in [0.1, 0.15) is 11.9 Å². The van der Waals surface area contributed by atoms with Crippen molar-refractivity contribution < 1.29 is 17.6 Å². The van der Waals surface area contributed by atoms with E-state index in [1.165, 1.54) is 32.7 Å². The summed E-state index contributed by atoms with van der Waals surface area (Å²) in [7, 11) is -3.98. The largest absolute Gasteiger partial charge is 0.281 e. The van der Waals surface area contributed by atoms with Crippen molar-refractivity contribution in [2.24, 2.45) is 0 Å². The number of rotatable bonds is 6. The molecule has 180 valence electrons. The molecular weight excluding hydrogens is 487 g/mol. The summed E-state index contributed by atoms with van der Waals surface area (Å²) in [4.78, 5) is 24.6. The number of halogens is 1. The number of aromatic nitrogens is 2. The Kier molecular flexibility index (Phi) is 6.35. The number of carbonyl (C=O) groups excluding carboxylic acids is 1. The zero-order valence-corrected chi connectivity index (χ0v) is 20.6. The van der Waals surface area contributed by atoms with Crippen LogP contribution in [-0.2, 0) is 21.4 Å². The van der Waals surface area contributed by atoms with Gasteiger partial charge in [0.2, 0.25) is 15.9 Å². The van der Waals surface area contributed by atoms with E-state index in [1.54, 1.807) is 12.3 Å². The third-order valence-electron chi connectivity index (χ3n) is 6.06. The average Bonchev–Trinajstić information content (AvgIpc) is 3.52. The number of benzene rings is 2. The molecule has 1 fully saturated rings. The lowest BCUT2D eigenvalue weighted by Crippen LogP contribution is -2.47. The number of anilines is 1. The van der Waals surface area contributed by atoms with Crippen LogP contribution in [0.1, 0.15) is 24.1 Å². The van der Waals surface area contributed by atoms with Crippen LogP contribution in [0.3, 0.4) is 0 Å². The van der Waals surface area contributed by atoms with Crippen LogP contribution in [0.25, 0.3) is 10.2 Å². The number of aryl methyl sites for hydroxylation is 1. The number of nitrogens with zero attached hydrogens (tertiary/aromatic N) is 4. The van der Waals surface area contributed by atoms with Gasteiger partial charge in [0.05, 0.1) is 27.4 Å². The number of fused-ring (bicyclic) bond motifs is 1. The number of para-hydroxylation sites is 1. The molecule has 1 aliphatic rings. The molecule has 0 bridgehead atoms. The predicted octanol–water partition coefficient (Wildman–Crippen LogP) is 4.53. The van der Waals surface area contributed by atoms with Gasteiger partial charge in [0, 0.05) is 12.7 Å². The number of pyridine rings is 1. The second kappa shape index (κ2) is 9.44. The number of amides is 1. The maximum atomic E-state index is 14.0. The molecule has 0 radical (unpaired) electrons. The van der Waals surface area contributed by atoms with Gasteiger partial charge < -0.3 is 0 Å². The van der Waals surface area contributed by atoms with Gasteiger partial charge in [-0.2, -0.15) is 4.31 Å². The maximum absolute atomic E-state index is 14.0. The van der Waals surface area contributed by atoms with Gasteiger partial charge >= 0.3 is 0 Å². The van der Waals surface area contributed by atoms with E-state index in [9.17, 15) is 17.6 Å². The zero-order valence-electron chi connectivity index (χ0n) is 19.0. The maximum Gasteiger partial charge on any atom is 0.247 e. The van der Waals surface area contributed by atoms with Crippen LogP contribution in [0, 0.1) is 12.7 Å². The standard InChI is InChI=1S/C25H23FN4O3S2/c1-17-6-4-9-22-23(17)28-25(34-22)29(16-19-7-2-3-14-27-19)24(31)21-8-5-15-30(21)35(32,33)20-12-10-18(26)11-13-20/h2-4,6-7,9-14,21H,5,8,15-16H2,1H3. The first-order chi connectivity index (χ1) is 16.8. The third kappa shape index (κ3) is 4.56. The van der Waals surface area contributed by atoms with E-state index in [-0.39, 0.29) is 23.9 Å². The van der Waals surface area contributed by atoms with E-state index >= 15 is 0 Å². The van der Waals surface area contributed by atoms with Crippen molar-refractivity contribution in [2.75, 3.05) is 11.4 Å². The van der Waals surface area contributed by atoms with E-state index in [0.717, 1.165) is 27.9 Å². The molecule has 3 heterocycles. The van der Waals surface area contributed by atoms with Crippen molar-refractivity contribution >= 4 is 42.6 Å². The van der Waals surface area contributed by atoms with E-state index in [1.807, 2.05) is 37.3 Å². The molecule has 2 aromatic heterocycles. The molecule has 0 N–H and O–H groups in total. The summed E-state index contributed by atoms with van der Waals surface area (Å²) in [5.74, 6) is -0.874. The number of thiazole rings is 1. The summed E-state index contributed by atoms with van der Waals surface area (Å²) in [6.07, 6.45) is 2.59. The first-order valence-electron chi connectivity index (χ1n) is 11.2. The second-order valence-electron chi connectivity index (χ2n) is 8.39. The van der Waals surface area contributed by atoms with Gasteiger partial charge in [-0.3, -0.25) is 14.7 Å². The van der Waals surface area contributed by atoms with Gasteiger partial charge in [0.15, 0.2) is 5.13 Å². The lowest BCUT2D eigenvalue weighted by Gasteiger charge is -2.28. The van der Waals surface area contributed by atoms with Crippen LogP contribution < -0.4 is 4.90 Å². The predicted molar refractivity (Wildman–Crippen MR) is 133 cm³/mol. The fraction of sp³-hybridized carbons (Fsp3) is 0.240. The highest BCUT2D eigenvalue weighted by atomic mass is 32.2. The summed E-state index contributed by atoms with van der Waals surface area (Å²) in [5, 5.41) is 0.496. The molecule has 1 aliphatic heterocycles. The molecule has 35 heavy (non-hydrogen) atoms. The summed E-state index contributed by atoms with van der Waals surface area (Å²) in [6.45, 7) is 2.34. The monoisotopic (exact) mass is 510 g/mol. The topological polar surface area (TPSA) is 83.5 Å². The molecule has 1 atom stereocenters. The minimum Gasteiger partial charge on any atom is -0.281 e. The number of sulfonamides is 1. The molecule has 7 nitrogen and oxygen atoms in total. The molecule has 5 rings (SSSR count). The fourth-order valence-corrected chi connectivity index (χ4v) is 6.98. The quantitative estimate of drug-likeness (QED) is 0.381. The Bertz CT molecular complexity index is 1470. The SMILES string of the molecule is Cc1cccc2sc(N(Cc3ccccn3)C(=O)C3CCCN3S(=O)(=O)c3ccc(F)cc3)nc12. The third-order valence-corrected chi connectivity index (χ3v) is 9.03. The first kappa shape index (κ1) is 23.5. The van der Waals surface area contributed by atoms with Crippen LogP contribution in [0.2, 0.25) is 0 Å². The first-order valence-corrected chi connectivity index (χ1v) is 13.4. The molecule has 1 amide bonds. The molecule has 1 saturated heterocycles. The molecule has 0 spiro atoms. The molecule has 0 saturated carbocycles. The van der Waals surface area contributed by atoms with Crippen molar-refractivity contribution in [3.05, 3.63) is 83.9 Å². The lowest BCUT2D eigenvalue weighted by molar-refractivity contribution is -0.121. The minimum atomic E-state index is -3.98. The van der Waals surface area contributed by atoms with Gasteiger partial charge in [0.25, 0.3) is 0 Å². The second-order valence-corrected chi connectivity index (χ2v) is 11.3. The highest BCUT2D eigenvalue weighted by Crippen LogP contribution is 2.34. The summed E-state index contributed by atoms with van der Waals surface area (Å²) in [6, 6.07) is 15.1. The Morgan fingerprint density at radius 1 is 1.14 bits per heavy atom. The van der Waals surface area contributed by atoms with Gasteiger partial charge in [-0.05, 0) is 67.8 Å². The molecule has 0 aliphatic carbocycles. The van der Waals surface area contributed by atoms with Crippen molar-refractivity contribution in [3.63, 3.8) is 0 Å². The van der Waals surface area contributed by atoms with Gasteiger partial charge in [-0.15, -0.1) is 0 Å². The Morgan fingerprint density at radius 3 is 2.66 bits per heavy atom. The molecule has 1 unspecified atom stereocenters. The highest BCUT2D eigenvalue weighted by Gasteiger charge is 2.42. The van der Waals surface area contributed by atoms with Crippen molar-refractivity contribution in [3.8, 4) is 0 Å². The van der Waals surface area contributed by atoms with Crippen LogP contribution in [0.5, 0.6) is 0 Å². The van der Waals surface area contributed by atoms with Crippen molar-refractivity contribution in [2.45, 2.75) is 37.2 Å². The van der Waals surface area contributed by atoms with E-state index in [4.69, 9.17) is 4.98 Å². The number of hydrogen-bond donors (Lipinski definition) is 0. The summed E-state index contributed by atoms with van der Waals surface area (Å²) >= 11 is 1.39. The van der Waals surface area contributed by atoms with Crippen LogP contribution in [-0.4, -0.2) is 41.2 Å². The number of carbonyl (C=O) groups is 1. The Labute approximate surface area is 206 Å². The van der Waals surface area contributed by atoms with E-state index in [0.29, 0.717) is 23.7 Å². The molecule has 2 aromatic carbocycles. The van der Waals surface area contributed by atoms with Crippen molar-refractivity contribution in [1.82, 2.24) is 14.3 Å². The van der Waals surface area contributed by atoms with Gasteiger partial charge in [-0.1, -0.05) is 29.5 Å². The summed E-state index contributed by atoms with van der Waals surface area (Å²) < 4.78 is 42.3. The average molecular weight is 511 g/mol. The van der Waals surface area contributed by atoms with E-state index in [2.05, 4.69) is 4.98 Å². The number of hydrogen-bond acceptors (Lipinski definition) is 6. The van der Waals surface area contributed by atoms with Crippen LogP contribution in [0.15, 0.2) is 71.8 Å². The highest BCUT2D eigenvalue weighted by molar-refractivity contribution is 7.89.